The minimum Gasteiger partial charge on any atom is -0.494 e. The summed E-state index contributed by atoms with van der Waals surface area (Å²) in [6.07, 6.45) is -0.619. The van der Waals surface area contributed by atoms with Crippen molar-refractivity contribution in [2.24, 2.45) is 5.41 Å². The van der Waals surface area contributed by atoms with Crippen LogP contribution in [0.15, 0.2) is 96.6 Å². The van der Waals surface area contributed by atoms with Crippen LogP contribution in [-0.2, 0) is 36.6 Å². The van der Waals surface area contributed by atoms with Crippen LogP contribution < -0.4 is 25.2 Å². The Kier molecular flexibility index (Phi) is 17.9. The third-order valence-corrected chi connectivity index (χ3v) is 13.4. The van der Waals surface area contributed by atoms with E-state index in [4.69, 9.17) is 21.7 Å². The highest BCUT2D eigenvalue weighted by molar-refractivity contribution is 7.79. The Hall–Kier alpha value is -6.75. The molecular formula is C53H57F4N7O6S2. The zero-order valence-electron chi connectivity index (χ0n) is 40.8. The minimum atomic E-state index is -4.83. The fourth-order valence-electron chi connectivity index (χ4n) is 8.25. The zero-order chi connectivity index (χ0) is 52.4. The molecule has 0 bridgehead atoms. The van der Waals surface area contributed by atoms with E-state index in [2.05, 4.69) is 15.6 Å². The van der Waals surface area contributed by atoms with Crippen LogP contribution in [-0.4, -0.2) is 90.0 Å². The number of benzene rings is 4. The smallest absolute Gasteiger partial charge is 0.417 e. The molecule has 13 nitrogen and oxygen atoms in total. The van der Waals surface area contributed by atoms with Crippen molar-refractivity contribution >= 4 is 64.0 Å². The van der Waals surface area contributed by atoms with Gasteiger partial charge in [-0.05, 0) is 110 Å². The Morgan fingerprint density at radius 1 is 0.944 bits per heavy atom. The number of halogens is 4. The first-order valence-electron chi connectivity index (χ1n) is 23.2. The second kappa shape index (κ2) is 23.7. The molecule has 2 heterocycles. The number of rotatable bonds is 20. The Labute approximate surface area is 426 Å². The van der Waals surface area contributed by atoms with Gasteiger partial charge in [-0.1, -0.05) is 75.5 Å². The van der Waals surface area contributed by atoms with Gasteiger partial charge in [-0.3, -0.25) is 24.2 Å². The molecule has 72 heavy (non-hydrogen) atoms. The maximum Gasteiger partial charge on any atom is 0.417 e. The van der Waals surface area contributed by atoms with Gasteiger partial charge in [0.25, 0.3) is 5.91 Å². The van der Waals surface area contributed by atoms with Crippen molar-refractivity contribution in [2.75, 3.05) is 43.2 Å². The molecule has 1 aliphatic rings. The van der Waals surface area contributed by atoms with Crippen molar-refractivity contribution in [3.63, 3.8) is 0 Å². The van der Waals surface area contributed by atoms with E-state index in [9.17, 15) is 37.6 Å². The summed E-state index contributed by atoms with van der Waals surface area (Å²) in [4.78, 5) is 63.1. The summed E-state index contributed by atoms with van der Waals surface area (Å²) in [5.41, 5.74) is 1.95. The number of hydrogen-bond acceptors (Lipinski definition) is 10. The van der Waals surface area contributed by atoms with Crippen molar-refractivity contribution in [3.8, 4) is 33.4 Å². The quantitative estimate of drug-likeness (QED) is 0.0437. The number of likely N-dealkylation sites (N-methyl/N-ethyl adjacent to an activating group) is 1. The fraction of sp³-hybridized carbons (Fsp3) is 0.377. The Morgan fingerprint density at radius 2 is 1.62 bits per heavy atom. The normalized spacial score (nSPS) is 14.2. The van der Waals surface area contributed by atoms with Crippen molar-refractivity contribution in [1.29, 1.82) is 5.26 Å². The summed E-state index contributed by atoms with van der Waals surface area (Å²) in [7, 11) is 1.29. The first-order valence-corrected chi connectivity index (χ1v) is 24.6. The van der Waals surface area contributed by atoms with E-state index >= 15 is 4.39 Å². The number of unbranched alkanes of at least 4 members (excludes halogenated alkanes) is 1. The SMILES string of the molecule is CN(C(=O)C(C)(C)N(C=S)c1ccc(-c2ccc(OCCCCOCC(=O)NC(C(=O)N3CCC[C@H]3C(=O)NCc3ccc(-c4cncs4)cc3)C(C)(C)C)cc2)cc1F)c1ccc(C#N)c(C(F)(F)F)c1. The van der Waals surface area contributed by atoms with E-state index < -0.39 is 58.0 Å². The van der Waals surface area contributed by atoms with Gasteiger partial charge < -0.3 is 34.8 Å². The number of carbonyl (C=O) groups excluding carboxylic acids is 4. The first kappa shape index (κ1) is 54.6. The van der Waals surface area contributed by atoms with Gasteiger partial charge >= 0.3 is 6.18 Å². The molecule has 380 valence electrons. The second-order valence-electron chi connectivity index (χ2n) is 18.9. The lowest BCUT2D eigenvalue weighted by molar-refractivity contribution is -0.144. The lowest BCUT2D eigenvalue weighted by Crippen LogP contribution is -2.58. The van der Waals surface area contributed by atoms with Gasteiger partial charge in [0.2, 0.25) is 17.7 Å². The lowest BCUT2D eigenvalue weighted by atomic mass is 9.85. The molecule has 19 heteroatoms. The average molecular weight is 1030 g/mol. The predicted molar refractivity (Wildman–Crippen MR) is 273 cm³/mol. The molecular weight excluding hydrogens is 971 g/mol. The average Bonchev–Trinajstić information content (AvgIpc) is 4.08. The summed E-state index contributed by atoms with van der Waals surface area (Å²) in [6.45, 7) is 9.64. The van der Waals surface area contributed by atoms with Gasteiger partial charge in [0.1, 0.15) is 35.8 Å². The number of nitrogens with one attached hydrogen (secondary N) is 2. The van der Waals surface area contributed by atoms with Crippen LogP contribution in [0, 0.1) is 22.6 Å². The topological polar surface area (TPSA) is 157 Å². The number of thiocarbonyl (C=S) groups is 1. The van der Waals surface area contributed by atoms with Gasteiger partial charge in [-0.2, -0.15) is 18.4 Å². The van der Waals surface area contributed by atoms with Gasteiger partial charge in [-0.15, -0.1) is 11.3 Å². The highest BCUT2D eigenvalue weighted by Gasteiger charge is 2.42. The molecule has 2 atom stereocenters. The standard InChI is InChI=1S/C53H57F4N7O6S2/c1-51(2,3)47(49(67)63-23-9-10-44(63)48(66)60-29-34-11-13-36(14-12-34)45-30-59-32-72-45)61-46(65)31-69-24-7-8-25-70-40-20-16-35(17-21-40)37-18-22-43(42(54)26-37)64(33-71)52(4,5)50(68)62(6)39-19-15-38(28-58)41(27-39)53(55,56)57/h11-22,26-27,30,32-33,44,47H,7-10,23-25,29,31H2,1-6H3,(H,60,66)(H,61,65)/t44-,47?/m0/s1. The van der Waals surface area contributed by atoms with Crippen LogP contribution >= 0.6 is 23.6 Å². The van der Waals surface area contributed by atoms with E-state index in [0.717, 1.165) is 38.5 Å². The molecule has 6 rings (SSSR count). The molecule has 2 N–H and O–H groups in total. The number of amides is 4. The fourth-order valence-corrected chi connectivity index (χ4v) is 9.26. The number of carbonyl (C=O) groups is 4. The van der Waals surface area contributed by atoms with E-state index in [1.165, 1.54) is 50.1 Å². The third kappa shape index (κ3) is 13.4. The molecule has 0 radical (unpaired) electrons. The van der Waals surface area contributed by atoms with E-state index in [0.29, 0.717) is 62.3 Å². The van der Waals surface area contributed by atoms with Gasteiger partial charge in [0.05, 0.1) is 45.4 Å². The van der Waals surface area contributed by atoms with Gasteiger partial charge in [0.15, 0.2) is 0 Å². The number of nitrogens with zero attached hydrogens (tertiary/aromatic N) is 5. The number of nitriles is 1. The summed E-state index contributed by atoms with van der Waals surface area (Å²) in [5.74, 6) is -1.80. The van der Waals surface area contributed by atoms with E-state index in [-0.39, 0.29) is 36.4 Å². The van der Waals surface area contributed by atoms with Crippen molar-refractivity contribution in [2.45, 2.75) is 90.6 Å². The number of hydrogen-bond donors (Lipinski definition) is 2. The van der Waals surface area contributed by atoms with Crippen molar-refractivity contribution in [3.05, 3.63) is 119 Å². The highest BCUT2D eigenvalue weighted by atomic mass is 32.1. The predicted octanol–water partition coefficient (Wildman–Crippen LogP) is 9.73. The second-order valence-corrected chi connectivity index (χ2v) is 20.0. The Morgan fingerprint density at radius 3 is 2.25 bits per heavy atom. The molecule has 4 amide bonds. The van der Waals surface area contributed by atoms with Crippen LogP contribution in [0.2, 0.25) is 0 Å². The minimum absolute atomic E-state index is 0.0267. The molecule has 1 fully saturated rings. The van der Waals surface area contributed by atoms with E-state index in [1.807, 2.05) is 51.2 Å². The van der Waals surface area contributed by atoms with Crippen LogP contribution in [0.4, 0.5) is 28.9 Å². The summed E-state index contributed by atoms with van der Waals surface area (Å²) in [5, 5.41) is 15.0. The zero-order valence-corrected chi connectivity index (χ0v) is 42.5. The summed E-state index contributed by atoms with van der Waals surface area (Å²) >= 11 is 6.75. The number of aromatic nitrogens is 1. The maximum atomic E-state index is 15.8. The Balaban J connectivity index is 0.931. The highest BCUT2D eigenvalue weighted by Crippen LogP contribution is 2.37. The number of likely N-dealkylation sites (tertiary alicyclic amines) is 1. The van der Waals surface area contributed by atoms with Crippen LogP contribution in [0.1, 0.15) is 77.0 Å². The molecule has 1 aromatic heterocycles. The summed E-state index contributed by atoms with van der Waals surface area (Å²) < 4.78 is 68.4. The summed E-state index contributed by atoms with van der Waals surface area (Å²) in [6, 6.07) is 22.2. The molecule has 5 aromatic rings. The number of alkyl halides is 3. The van der Waals surface area contributed by atoms with Crippen LogP contribution in [0.3, 0.4) is 0 Å². The van der Waals surface area contributed by atoms with Gasteiger partial charge in [0, 0.05) is 38.6 Å². The molecule has 0 spiro atoms. The maximum absolute atomic E-state index is 15.8. The number of ether oxygens (including phenoxy) is 2. The molecule has 0 aliphatic carbocycles. The number of thiazole rings is 1. The lowest BCUT2D eigenvalue weighted by Gasteiger charge is -2.38. The first-order chi connectivity index (χ1) is 34.1. The van der Waals surface area contributed by atoms with E-state index in [1.54, 1.807) is 52.1 Å². The van der Waals surface area contributed by atoms with Crippen molar-refractivity contribution < 1.29 is 46.2 Å². The monoisotopic (exact) mass is 1030 g/mol. The molecule has 1 aliphatic heterocycles. The molecule has 1 unspecified atom stereocenters. The van der Waals surface area contributed by atoms with Crippen LogP contribution in [0.5, 0.6) is 5.75 Å². The molecule has 0 saturated carbocycles. The van der Waals surface area contributed by atoms with Crippen LogP contribution in [0.25, 0.3) is 21.6 Å². The van der Waals surface area contributed by atoms with Gasteiger partial charge in [-0.25, -0.2) is 4.39 Å². The Bertz CT molecular complexity index is 2760. The molecule has 4 aromatic carbocycles. The third-order valence-electron chi connectivity index (χ3n) is 12.3. The number of anilines is 2. The molecule has 1 saturated heterocycles. The largest absolute Gasteiger partial charge is 0.494 e. The van der Waals surface area contributed by atoms with Crippen molar-refractivity contribution in [1.82, 2.24) is 20.5 Å².